The first-order valence-corrected chi connectivity index (χ1v) is 11.9. The highest BCUT2D eigenvalue weighted by atomic mass is 35.5. The van der Waals surface area contributed by atoms with Crippen molar-refractivity contribution in [2.45, 2.75) is 18.4 Å². The molecule has 0 saturated carbocycles. The topological polar surface area (TPSA) is 80.6 Å². The molecule has 0 radical (unpaired) electrons. The maximum atomic E-state index is 14.5. The number of ether oxygens (including phenoxy) is 1. The van der Waals surface area contributed by atoms with Crippen molar-refractivity contribution in [3.05, 3.63) is 65.6 Å². The molecule has 1 aromatic heterocycles. The lowest BCUT2D eigenvalue weighted by Gasteiger charge is -2.13. The molecular formula is C23H25ClFN3O4S. The number of benzene rings is 2. The van der Waals surface area contributed by atoms with E-state index in [1.54, 1.807) is 41.0 Å². The summed E-state index contributed by atoms with van der Waals surface area (Å²) in [6, 6.07) is 11.6. The number of methoxy groups -OCH3 is 1. The van der Waals surface area contributed by atoms with Crippen molar-refractivity contribution in [3.8, 4) is 11.1 Å². The van der Waals surface area contributed by atoms with Crippen molar-refractivity contribution >= 4 is 38.7 Å². The smallest absolute Gasteiger partial charge is 0.337 e. The third-order valence-corrected chi connectivity index (χ3v) is 7.32. The Labute approximate surface area is 197 Å². The summed E-state index contributed by atoms with van der Waals surface area (Å²) in [5.74, 6) is -0.896. The van der Waals surface area contributed by atoms with Crippen molar-refractivity contribution in [3.63, 3.8) is 0 Å². The fourth-order valence-electron chi connectivity index (χ4n) is 3.68. The molecule has 10 heteroatoms. The summed E-state index contributed by atoms with van der Waals surface area (Å²) in [5.41, 5.74) is 3.08. The number of allylic oxidation sites excluding steroid dienone is 1. The molecule has 0 saturated heterocycles. The average molecular weight is 494 g/mol. The Kier molecular flexibility index (Phi) is 7.58. The van der Waals surface area contributed by atoms with Crippen molar-refractivity contribution < 1.29 is 22.3 Å². The van der Waals surface area contributed by atoms with Gasteiger partial charge in [-0.05, 0) is 60.7 Å². The number of nitrogens with zero attached hydrogens (tertiary/aromatic N) is 2. The van der Waals surface area contributed by atoms with Crippen LogP contribution in [-0.2, 0) is 21.3 Å². The van der Waals surface area contributed by atoms with Crippen LogP contribution in [0.4, 0.5) is 4.39 Å². The van der Waals surface area contributed by atoms with Crippen LogP contribution < -0.4 is 4.84 Å². The molecule has 1 heterocycles. The van der Waals surface area contributed by atoms with Crippen molar-refractivity contribution in [1.82, 2.24) is 13.7 Å². The number of halogens is 2. The minimum Gasteiger partial charge on any atom is -0.465 e. The number of esters is 1. The molecule has 33 heavy (non-hydrogen) atoms. The number of fused-ring (bicyclic) bond motifs is 1. The molecule has 0 aliphatic heterocycles. The molecule has 7 nitrogen and oxygen atoms in total. The minimum absolute atomic E-state index is 0.0475. The lowest BCUT2D eigenvalue weighted by atomic mass is 10.0. The Hall–Kier alpha value is -2.72. The molecule has 2 aromatic carbocycles. The first-order valence-electron chi connectivity index (χ1n) is 10.0. The van der Waals surface area contributed by atoms with Gasteiger partial charge in [-0.25, -0.2) is 26.7 Å². The van der Waals surface area contributed by atoms with E-state index in [1.165, 1.54) is 33.3 Å². The van der Waals surface area contributed by atoms with Gasteiger partial charge in [0.1, 0.15) is 5.83 Å². The molecule has 1 N–H and O–H groups in total. The number of hydrogen-bond donors (Lipinski definition) is 1. The number of aromatic nitrogens is 1. The zero-order valence-corrected chi connectivity index (χ0v) is 20.3. The first-order chi connectivity index (χ1) is 15.6. The number of sulfonamides is 1. The summed E-state index contributed by atoms with van der Waals surface area (Å²) in [7, 11) is 0.568. The maximum absolute atomic E-state index is 14.5. The Morgan fingerprint density at radius 3 is 2.61 bits per heavy atom. The molecule has 0 spiro atoms. The fourth-order valence-corrected chi connectivity index (χ4v) is 4.71. The van der Waals surface area contributed by atoms with Crippen LogP contribution >= 0.6 is 11.8 Å². The predicted octanol–water partition coefficient (Wildman–Crippen LogP) is 4.25. The van der Waals surface area contributed by atoms with Gasteiger partial charge < -0.3 is 9.30 Å². The van der Waals surface area contributed by atoms with E-state index >= 15 is 0 Å². The van der Waals surface area contributed by atoms with E-state index in [1.807, 2.05) is 6.92 Å². The highest BCUT2D eigenvalue weighted by Crippen LogP contribution is 2.37. The number of carbonyl (C=O) groups is 1. The van der Waals surface area contributed by atoms with Crippen LogP contribution in [0.15, 0.2) is 59.3 Å². The molecule has 0 amide bonds. The zero-order chi connectivity index (χ0) is 24.3. The van der Waals surface area contributed by atoms with Crippen LogP contribution in [0.5, 0.6) is 0 Å². The SMILES string of the molecule is COC(=O)c1ccc2c(c1)c(-c1cccc(S(=O)(=O)N(C)C)c1)c(C)n2C/C(F)=C/CNCl. The van der Waals surface area contributed by atoms with Gasteiger partial charge in [0.25, 0.3) is 0 Å². The standard InChI is InChI=1S/C23H25ClFN3O4S/c1-15-22(16-6-5-7-19(12-16)33(30,31)27(2)3)20-13-17(23(29)32-4)8-9-21(20)28(15)14-18(25)10-11-26-24/h5-10,12-13,26H,11,14H2,1-4H3/b18-10-. The van der Waals surface area contributed by atoms with Crippen molar-refractivity contribution in [2.24, 2.45) is 0 Å². The molecular weight excluding hydrogens is 469 g/mol. The van der Waals surface area contributed by atoms with E-state index in [9.17, 15) is 17.6 Å². The van der Waals surface area contributed by atoms with Crippen LogP contribution in [0.2, 0.25) is 0 Å². The number of rotatable bonds is 8. The second-order valence-corrected chi connectivity index (χ2v) is 9.99. The van der Waals surface area contributed by atoms with Gasteiger partial charge in [-0.2, -0.15) is 0 Å². The molecule has 0 bridgehead atoms. The van der Waals surface area contributed by atoms with Crippen molar-refractivity contribution in [2.75, 3.05) is 27.7 Å². The monoisotopic (exact) mass is 493 g/mol. The summed E-state index contributed by atoms with van der Waals surface area (Å²) in [6.07, 6.45) is 1.34. The van der Waals surface area contributed by atoms with Gasteiger partial charge in [-0.3, -0.25) is 0 Å². The van der Waals surface area contributed by atoms with Crippen LogP contribution in [0.1, 0.15) is 16.1 Å². The minimum atomic E-state index is -3.66. The number of carbonyl (C=O) groups excluding carboxylic acids is 1. The predicted molar refractivity (Wildman–Crippen MR) is 127 cm³/mol. The maximum Gasteiger partial charge on any atom is 0.337 e. The van der Waals surface area contributed by atoms with Gasteiger partial charge in [-0.1, -0.05) is 12.1 Å². The van der Waals surface area contributed by atoms with E-state index in [-0.39, 0.29) is 18.0 Å². The third kappa shape index (κ3) is 4.96. The molecule has 3 rings (SSSR count). The van der Waals surface area contributed by atoms with Crippen LogP contribution in [0, 0.1) is 6.92 Å². The molecule has 0 unspecified atom stereocenters. The Morgan fingerprint density at radius 1 is 1.24 bits per heavy atom. The van der Waals surface area contributed by atoms with Gasteiger partial charge in [0.15, 0.2) is 0 Å². The second kappa shape index (κ2) is 10.0. The zero-order valence-electron chi connectivity index (χ0n) is 18.7. The van der Waals surface area contributed by atoms with Crippen LogP contribution in [0.3, 0.4) is 0 Å². The van der Waals surface area contributed by atoms with Crippen LogP contribution in [0.25, 0.3) is 22.0 Å². The average Bonchev–Trinajstić information content (AvgIpc) is 3.07. The molecule has 0 atom stereocenters. The molecule has 176 valence electrons. The largest absolute Gasteiger partial charge is 0.465 e. The fraction of sp³-hybridized carbons (Fsp3) is 0.261. The normalized spacial score (nSPS) is 12.5. The van der Waals surface area contributed by atoms with Crippen molar-refractivity contribution in [1.29, 1.82) is 0 Å². The van der Waals surface area contributed by atoms with Gasteiger partial charge in [0.2, 0.25) is 10.0 Å². The van der Waals surface area contributed by atoms with Gasteiger partial charge in [0, 0.05) is 42.8 Å². The van der Waals surface area contributed by atoms with E-state index in [0.29, 0.717) is 33.3 Å². The first kappa shape index (κ1) is 24.9. The second-order valence-electron chi connectivity index (χ2n) is 7.57. The van der Waals surface area contributed by atoms with E-state index in [0.717, 1.165) is 4.31 Å². The Morgan fingerprint density at radius 2 is 1.97 bits per heavy atom. The van der Waals surface area contributed by atoms with Gasteiger partial charge >= 0.3 is 5.97 Å². The highest BCUT2D eigenvalue weighted by Gasteiger charge is 2.22. The summed E-state index contributed by atoms with van der Waals surface area (Å²) in [6.45, 7) is 1.94. The molecule has 0 aliphatic carbocycles. The Balaban J connectivity index is 2.28. The van der Waals surface area contributed by atoms with E-state index in [4.69, 9.17) is 16.5 Å². The number of nitrogens with one attached hydrogen (secondary N) is 1. The van der Waals surface area contributed by atoms with E-state index in [2.05, 4.69) is 4.84 Å². The number of hydrogen-bond acceptors (Lipinski definition) is 5. The summed E-state index contributed by atoms with van der Waals surface area (Å²) < 4.78 is 47.7. The third-order valence-electron chi connectivity index (χ3n) is 5.36. The molecule has 0 fully saturated rings. The highest BCUT2D eigenvalue weighted by molar-refractivity contribution is 7.89. The van der Waals surface area contributed by atoms with Gasteiger partial charge in [-0.15, -0.1) is 0 Å². The molecule has 0 aliphatic rings. The Bertz CT molecular complexity index is 1330. The van der Waals surface area contributed by atoms with Crippen LogP contribution in [-0.4, -0.2) is 51.0 Å². The van der Waals surface area contributed by atoms with Gasteiger partial charge in [0.05, 0.1) is 24.1 Å². The summed E-state index contributed by atoms with van der Waals surface area (Å²) >= 11 is 5.43. The summed E-state index contributed by atoms with van der Waals surface area (Å²) in [4.78, 5) is 14.6. The lowest BCUT2D eigenvalue weighted by molar-refractivity contribution is 0.0601. The lowest BCUT2D eigenvalue weighted by Crippen LogP contribution is -2.22. The molecule has 3 aromatic rings. The summed E-state index contributed by atoms with van der Waals surface area (Å²) in [5, 5.41) is 0.679. The quantitative estimate of drug-likeness (QED) is 0.375. The van der Waals surface area contributed by atoms with E-state index < -0.39 is 21.8 Å².